The number of carbonyl (C=O) groups is 1. The molecule has 0 unspecified atom stereocenters. The number of nitrogens with zero attached hydrogens (tertiary/aromatic N) is 4. The summed E-state index contributed by atoms with van der Waals surface area (Å²) in [4.78, 5) is 32.8. The standard InChI is InChI=1S/C19H19N7O3/c1-25(2)15-8-6-13(7-9-15)21-18-20-11-10-17(23-18)24-19(27)22-14-4-3-5-16(12-14)26(28)29/h3-12H,1-2H3,(H3,20,21,22,23,24,27). The van der Waals surface area contributed by atoms with Crippen molar-refractivity contribution in [2.75, 3.05) is 34.9 Å². The topological polar surface area (TPSA) is 125 Å². The van der Waals surface area contributed by atoms with Crippen molar-refractivity contribution in [2.24, 2.45) is 0 Å². The van der Waals surface area contributed by atoms with Crippen LogP contribution in [0.1, 0.15) is 0 Å². The molecule has 0 radical (unpaired) electrons. The van der Waals surface area contributed by atoms with Crippen molar-refractivity contribution in [3.8, 4) is 0 Å². The highest BCUT2D eigenvalue weighted by atomic mass is 16.6. The first-order valence-corrected chi connectivity index (χ1v) is 8.60. The summed E-state index contributed by atoms with van der Waals surface area (Å²) in [5.41, 5.74) is 2.04. The Morgan fingerprint density at radius 3 is 2.48 bits per heavy atom. The van der Waals surface area contributed by atoms with E-state index in [2.05, 4.69) is 25.9 Å². The number of anilines is 5. The van der Waals surface area contributed by atoms with Gasteiger partial charge in [0.2, 0.25) is 5.95 Å². The van der Waals surface area contributed by atoms with Crippen LogP contribution in [0.15, 0.2) is 60.8 Å². The van der Waals surface area contributed by atoms with Crippen LogP contribution in [-0.2, 0) is 0 Å². The first-order valence-electron chi connectivity index (χ1n) is 8.60. The normalized spacial score (nSPS) is 10.1. The summed E-state index contributed by atoms with van der Waals surface area (Å²) in [6.07, 6.45) is 1.51. The number of benzene rings is 2. The maximum Gasteiger partial charge on any atom is 0.324 e. The van der Waals surface area contributed by atoms with Gasteiger partial charge in [-0.2, -0.15) is 4.98 Å². The number of non-ortho nitro benzene ring substituents is 1. The molecule has 0 bridgehead atoms. The molecule has 0 atom stereocenters. The minimum absolute atomic E-state index is 0.114. The average molecular weight is 393 g/mol. The molecule has 10 heteroatoms. The number of amides is 2. The van der Waals surface area contributed by atoms with Gasteiger partial charge < -0.3 is 15.5 Å². The van der Waals surface area contributed by atoms with E-state index in [1.54, 1.807) is 6.07 Å². The van der Waals surface area contributed by atoms with Gasteiger partial charge in [-0.1, -0.05) is 6.07 Å². The number of hydrogen-bond acceptors (Lipinski definition) is 7. The summed E-state index contributed by atoms with van der Waals surface area (Å²) in [5.74, 6) is 0.589. The third-order valence-electron chi connectivity index (χ3n) is 3.85. The predicted molar refractivity (Wildman–Crippen MR) is 112 cm³/mol. The zero-order valence-corrected chi connectivity index (χ0v) is 15.8. The third kappa shape index (κ3) is 5.39. The van der Waals surface area contributed by atoms with E-state index in [1.807, 2.05) is 43.3 Å². The van der Waals surface area contributed by atoms with Crippen LogP contribution < -0.4 is 20.9 Å². The van der Waals surface area contributed by atoms with Gasteiger partial charge in [-0.15, -0.1) is 0 Å². The molecule has 0 aliphatic rings. The van der Waals surface area contributed by atoms with Crippen molar-refractivity contribution in [1.82, 2.24) is 9.97 Å². The van der Waals surface area contributed by atoms with Gasteiger partial charge in [-0.25, -0.2) is 9.78 Å². The van der Waals surface area contributed by atoms with Crippen molar-refractivity contribution in [3.63, 3.8) is 0 Å². The lowest BCUT2D eigenvalue weighted by Gasteiger charge is -2.13. The Labute approximate surface area is 166 Å². The molecule has 2 aromatic carbocycles. The molecule has 0 aliphatic carbocycles. The van der Waals surface area contributed by atoms with Gasteiger partial charge >= 0.3 is 6.03 Å². The summed E-state index contributed by atoms with van der Waals surface area (Å²) in [6, 6.07) is 14.3. The van der Waals surface area contributed by atoms with Gasteiger partial charge in [0.1, 0.15) is 5.82 Å². The summed E-state index contributed by atoms with van der Waals surface area (Å²) < 4.78 is 0. The minimum atomic E-state index is -0.578. The lowest BCUT2D eigenvalue weighted by Crippen LogP contribution is -2.20. The Morgan fingerprint density at radius 2 is 1.79 bits per heavy atom. The van der Waals surface area contributed by atoms with Crippen LogP contribution in [0.4, 0.5) is 39.3 Å². The third-order valence-corrected chi connectivity index (χ3v) is 3.85. The molecule has 148 valence electrons. The van der Waals surface area contributed by atoms with Crippen LogP contribution in [0.25, 0.3) is 0 Å². The number of urea groups is 1. The van der Waals surface area contributed by atoms with Gasteiger partial charge in [-0.05, 0) is 36.4 Å². The second kappa shape index (κ2) is 8.65. The number of aromatic nitrogens is 2. The second-order valence-electron chi connectivity index (χ2n) is 6.22. The number of hydrogen-bond donors (Lipinski definition) is 3. The number of nitro groups is 1. The Balaban J connectivity index is 1.64. The molecule has 3 aromatic rings. The Kier molecular flexibility index (Phi) is 5.83. The monoisotopic (exact) mass is 393 g/mol. The number of nitrogens with one attached hydrogen (secondary N) is 3. The number of rotatable bonds is 6. The smallest absolute Gasteiger partial charge is 0.324 e. The molecule has 3 N–H and O–H groups in total. The highest BCUT2D eigenvalue weighted by Crippen LogP contribution is 2.19. The average Bonchev–Trinajstić information content (AvgIpc) is 2.68. The van der Waals surface area contributed by atoms with Crippen LogP contribution in [0.3, 0.4) is 0 Å². The molecule has 3 rings (SSSR count). The maximum absolute atomic E-state index is 12.2. The van der Waals surface area contributed by atoms with Gasteiger partial charge in [0, 0.05) is 49.5 Å². The van der Waals surface area contributed by atoms with Gasteiger partial charge in [0.25, 0.3) is 5.69 Å². The van der Waals surface area contributed by atoms with Gasteiger partial charge in [-0.3, -0.25) is 15.4 Å². The molecular weight excluding hydrogens is 374 g/mol. The van der Waals surface area contributed by atoms with Crippen molar-refractivity contribution >= 4 is 40.5 Å². The Bertz CT molecular complexity index is 1020. The summed E-state index contributed by atoms with van der Waals surface area (Å²) in [5, 5.41) is 19.0. The van der Waals surface area contributed by atoms with Gasteiger partial charge in [0.05, 0.1) is 4.92 Å². The van der Waals surface area contributed by atoms with E-state index >= 15 is 0 Å². The molecule has 2 amide bonds. The van der Waals surface area contributed by atoms with Crippen LogP contribution in [0.5, 0.6) is 0 Å². The fourth-order valence-electron chi connectivity index (χ4n) is 2.44. The molecule has 0 saturated heterocycles. The van der Waals surface area contributed by atoms with E-state index in [0.717, 1.165) is 11.4 Å². The largest absolute Gasteiger partial charge is 0.378 e. The predicted octanol–water partition coefficient (Wildman–Crippen LogP) is 3.84. The first-order chi connectivity index (χ1) is 13.9. The van der Waals surface area contributed by atoms with E-state index in [1.165, 1.54) is 30.5 Å². The SMILES string of the molecule is CN(C)c1ccc(Nc2nccc(NC(=O)Nc3cccc([N+](=O)[O-])c3)n2)cc1. The van der Waals surface area contributed by atoms with Crippen LogP contribution in [0, 0.1) is 10.1 Å². The molecule has 0 spiro atoms. The van der Waals surface area contributed by atoms with E-state index in [9.17, 15) is 14.9 Å². The van der Waals surface area contributed by atoms with E-state index in [-0.39, 0.29) is 11.5 Å². The quantitative estimate of drug-likeness (QED) is 0.429. The van der Waals surface area contributed by atoms with Crippen molar-refractivity contribution in [2.45, 2.75) is 0 Å². The zero-order valence-electron chi connectivity index (χ0n) is 15.8. The second-order valence-corrected chi connectivity index (χ2v) is 6.22. The highest BCUT2D eigenvalue weighted by Gasteiger charge is 2.09. The summed E-state index contributed by atoms with van der Waals surface area (Å²) in [7, 11) is 3.92. The summed E-state index contributed by atoms with van der Waals surface area (Å²) in [6.45, 7) is 0. The van der Waals surface area contributed by atoms with Crippen LogP contribution >= 0.6 is 0 Å². The lowest BCUT2D eigenvalue weighted by molar-refractivity contribution is -0.384. The molecule has 1 heterocycles. The van der Waals surface area contributed by atoms with Crippen LogP contribution in [-0.4, -0.2) is 35.0 Å². The Morgan fingerprint density at radius 1 is 1.03 bits per heavy atom. The van der Waals surface area contributed by atoms with Crippen molar-refractivity contribution < 1.29 is 9.72 Å². The minimum Gasteiger partial charge on any atom is -0.378 e. The molecule has 0 aliphatic heterocycles. The number of nitro benzene ring substituents is 1. The Hall–Kier alpha value is -4.21. The van der Waals surface area contributed by atoms with E-state index in [0.29, 0.717) is 11.6 Å². The van der Waals surface area contributed by atoms with E-state index in [4.69, 9.17) is 0 Å². The van der Waals surface area contributed by atoms with Crippen LogP contribution in [0.2, 0.25) is 0 Å². The van der Waals surface area contributed by atoms with Crippen molar-refractivity contribution in [1.29, 1.82) is 0 Å². The zero-order chi connectivity index (χ0) is 20.8. The van der Waals surface area contributed by atoms with E-state index < -0.39 is 11.0 Å². The summed E-state index contributed by atoms with van der Waals surface area (Å²) >= 11 is 0. The molecule has 10 nitrogen and oxygen atoms in total. The molecule has 29 heavy (non-hydrogen) atoms. The lowest BCUT2D eigenvalue weighted by atomic mass is 10.2. The van der Waals surface area contributed by atoms with Crippen molar-refractivity contribution in [3.05, 3.63) is 70.9 Å². The van der Waals surface area contributed by atoms with Gasteiger partial charge in [0.15, 0.2) is 0 Å². The molecule has 1 aromatic heterocycles. The highest BCUT2D eigenvalue weighted by molar-refractivity contribution is 5.99. The molecular formula is C19H19N7O3. The fraction of sp³-hybridized carbons (Fsp3) is 0.105. The first kappa shape index (κ1) is 19.5. The molecule has 0 fully saturated rings. The maximum atomic E-state index is 12.2. The number of carbonyl (C=O) groups excluding carboxylic acids is 1. The molecule has 0 saturated carbocycles. The fourth-order valence-corrected chi connectivity index (χ4v) is 2.44.